The molecule has 0 aliphatic carbocycles. The van der Waals surface area contributed by atoms with Gasteiger partial charge in [-0.2, -0.15) is 0 Å². The molecule has 2 aliphatic heterocycles. The molecule has 1 saturated heterocycles. The zero-order valence-corrected chi connectivity index (χ0v) is 19.4. The van der Waals surface area contributed by atoms with Crippen LogP contribution in [-0.4, -0.2) is 50.1 Å². The molecule has 1 amide bonds. The number of nitrogens with zero attached hydrogens (tertiary/aromatic N) is 2. The van der Waals surface area contributed by atoms with E-state index in [1.54, 1.807) is 0 Å². The molecule has 2 aliphatic rings. The SMILES string of the molecule is Cc1c(OCCCCN2CCN(c3cccc(Cl)c3Cl)CC2)ccc2c1NC(=O)CC2. The highest BCUT2D eigenvalue weighted by Gasteiger charge is 2.20. The number of carbonyl (C=O) groups excluding carboxylic acids is 1. The average molecular weight is 462 g/mol. The highest BCUT2D eigenvalue weighted by atomic mass is 35.5. The van der Waals surface area contributed by atoms with Crippen LogP contribution in [0.15, 0.2) is 30.3 Å². The lowest BCUT2D eigenvalue weighted by atomic mass is 9.99. The van der Waals surface area contributed by atoms with Gasteiger partial charge in [-0.15, -0.1) is 0 Å². The highest BCUT2D eigenvalue weighted by molar-refractivity contribution is 6.43. The van der Waals surface area contributed by atoms with E-state index in [-0.39, 0.29) is 5.91 Å². The molecule has 1 N–H and O–H groups in total. The van der Waals surface area contributed by atoms with Crippen molar-refractivity contribution in [2.24, 2.45) is 0 Å². The van der Waals surface area contributed by atoms with Crippen molar-refractivity contribution in [1.82, 2.24) is 4.90 Å². The van der Waals surface area contributed by atoms with Crippen molar-refractivity contribution in [2.45, 2.75) is 32.6 Å². The Kier molecular flexibility index (Phi) is 7.26. The number of fused-ring (bicyclic) bond motifs is 1. The summed E-state index contributed by atoms with van der Waals surface area (Å²) in [5, 5.41) is 4.24. The molecule has 0 aromatic heterocycles. The monoisotopic (exact) mass is 461 g/mol. The minimum absolute atomic E-state index is 0.0884. The Morgan fingerprint density at radius 3 is 2.65 bits per heavy atom. The number of hydrogen-bond donors (Lipinski definition) is 1. The van der Waals surface area contributed by atoms with Crippen LogP contribution in [0.5, 0.6) is 5.75 Å². The molecule has 5 nitrogen and oxygen atoms in total. The van der Waals surface area contributed by atoms with Crippen LogP contribution in [0.25, 0.3) is 0 Å². The first-order valence-electron chi connectivity index (χ1n) is 11.0. The maximum atomic E-state index is 11.7. The summed E-state index contributed by atoms with van der Waals surface area (Å²) in [7, 11) is 0. The smallest absolute Gasteiger partial charge is 0.224 e. The molecule has 31 heavy (non-hydrogen) atoms. The summed E-state index contributed by atoms with van der Waals surface area (Å²) < 4.78 is 6.02. The van der Waals surface area contributed by atoms with E-state index in [2.05, 4.69) is 21.2 Å². The standard InChI is InChI=1S/C24H29Cl2N3O2/c1-17-21(9-7-18-8-10-22(30)27-24(17)18)31-16-3-2-11-28-12-14-29(15-13-28)20-6-4-5-19(25)23(20)26/h4-7,9H,2-3,8,10-16H2,1H3,(H,27,30). The van der Waals surface area contributed by atoms with Crippen LogP contribution < -0.4 is 15.0 Å². The van der Waals surface area contributed by atoms with Gasteiger partial charge in [-0.3, -0.25) is 9.69 Å². The molecule has 2 heterocycles. The lowest BCUT2D eigenvalue weighted by molar-refractivity contribution is -0.116. The molecule has 0 saturated carbocycles. The van der Waals surface area contributed by atoms with E-state index in [9.17, 15) is 4.79 Å². The van der Waals surface area contributed by atoms with Crippen molar-refractivity contribution in [3.8, 4) is 5.75 Å². The second kappa shape index (κ2) is 10.1. The number of aryl methyl sites for hydroxylation is 1. The van der Waals surface area contributed by atoms with Gasteiger partial charge in [0.15, 0.2) is 0 Å². The van der Waals surface area contributed by atoms with Crippen LogP contribution in [-0.2, 0) is 11.2 Å². The van der Waals surface area contributed by atoms with E-state index in [0.29, 0.717) is 23.1 Å². The molecule has 2 aromatic carbocycles. The predicted octanol–water partition coefficient (Wildman–Crippen LogP) is 5.17. The summed E-state index contributed by atoms with van der Waals surface area (Å²) in [5.74, 6) is 0.957. The van der Waals surface area contributed by atoms with Gasteiger partial charge in [0.2, 0.25) is 5.91 Å². The Morgan fingerprint density at radius 2 is 1.84 bits per heavy atom. The van der Waals surface area contributed by atoms with Gasteiger partial charge in [-0.05, 0) is 56.5 Å². The lowest BCUT2D eigenvalue weighted by Crippen LogP contribution is -2.46. The number of ether oxygens (including phenoxy) is 1. The second-order valence-corrected chi connectivity index (χ2v) is 9.01. The number of benzene rings is 2. The number of carbonyl (C=O) groups is 1. The van der Waals surface area contributed by atoms with Crippen molar-refractivity contribution in [3.05, 3.63) is 51.5 Å². The third-order valence-corrected chi connectivity index (χ3v) is 6.97. The minimum atomic E-state index is 0.0884. The number of halogens is 2. The first-order valence-corrected chi connectivity index (χ1v) is 11.7. The molecule has 1 fully saturated rings. The van der Waals surface area contributed by atoms with Gasteiger partial charge in [-0.1, -0.05) is 35.3 Å². The molecule has 0 unspecified atom stereocenters. The largest absolute Gasteiger partial charge is 0.493 e. The molecule has 0 radical (unpaired) electrons. The minimum Gasteiger partial charge on any atom is -0.493 e. The Balaban J connectivity index is 1.18. The van der Waals surface area contributed by atoms with Gasteiger partial charge in [0.1, 0.15) is 5.75 Å². The molecule has 0 spiro atoms. The lowest BCUT2D eigenvalue weighted by Gasteiger charge is -2.36. The normalized spacial score (nSPS) is 16.7. The summed E-state index contributed by atoms with van der Waals surface area (Å²) in [6.45, 7) is 7.73. The van der Waals surface area contributed by atoms with Gasteiger partial charge >= 0.3 is 0 Å². The zero-order chi connectivity index (χ0) is 21.8. The van der Waals surface area contributed by atoms with Gasteiger partial charge in [0.25, 0.3) is 0 Å². The summed E-state index contributed by atoms with van der Waals surface area (Å²) in [6.07, 6.45) is 3.47. The fourth-order valence-electron chi connectivity index (χ4n) is 4.31. The quantitative estimate of drug-likeness (QED) is 0.577. The Morgan fingerprint density at radius 1 is 1.03 bits per heavy atom. The van der Waals surface area contributed by atoms with Crippen molar-refractivity contribution in [3.63, 3.8) is 0 Å². The van der Waals surface area contributed by atoms with Crippen LogP contribution in [0.4, 0.5) is 11.4 Å². The first kappa shape index (κ1) is 22.3. The Hall–Kier alpha value is -1.95. The van der Waals surface area contributed by atoms with Crippen molar-refractivity contribution < 1.29 is 9.53 Å². The van der Waals surface area contributed by atoms with Crippen molar-refractivity contribution in [2.75, 3.05) is 49.5 Å². The number of rotatable bonds is 7. The van der Waals surface area contributed by atoms with Crippen LogP contribution in [0, 0.1) is 6.92 Å². The molecule has 0 bridgehead atoms. The van der Waals surface area contributed by atoms with E-state index >= 15 is 0 Å². The molecule has 7 heteroatoms. The number of hydrogen-bond acceptors (Lipinski definition) is 4. The maximum absolute atomic E-state index is 11.7. The molecule has 0 atom stereocenters. The third kappa shape index (κ3) is 5.28. The summed E-state index contributed by atoms with van der Waals surface area (Å²) in [5.41, 5.74) is 4.19. The Labute approximate surface area is 194 Å². The van der Waals surface area contributed by atoms with Crippen LogP contribution >= 0.6 is 23.2 Å². The first-order chi connectivity index (χ1) is 15.0. The Bertz CT molecular complexity index is 943. The zero-order valence-electron chi connectivity index (χ0n) is 17.9. The van der Waals surface area contributed by atoms with Gasteiger partial charge < -0.3 is 15.0 Å². The number of piperazine rings is 1. The van der Waals surface area contributed by atoms with Gasteiger partial charge in [0, 0.05) is 38.2 Å². The predicted molar refractivity (Wildman–Crippen MR) is 128 cm³/mol. The topological polar surface area (TPSA) is 44.8 Å². The number of anilines is 2. The summed E-state index contributed by atoms with van der Waals surface area (Å²) in [6, 6.07) is 9.92. The maximum Gasteiger partial charge on any atom is 0.224 e. The molecular formula is C24H29Cl2N3O2. The summed E-state index contributed by atoms with van der Waals surface area (Å²) >= 11 is 12.5. The molecular weight excluding hydrogens is 433 g/mol. The van der Waals surface area contributed by atoms with E-state index < -0.39 is 0 Å². The molecule has 4 rings (SSSR count). The van der Waals surface area contributed by atoms with E-state index in [1.165, 1.54) is 5.56 Å². The average Bonchev–Trinajstić information content (AvgIpc) is 2.78. The van der Waals surface area contributed by atoms with Crippen LogP contribution in [0.3, 0.4) is 0 Å². The van der Waals surface area contributed by atoms with Crippen molar-refractivity contribution >= 4 is 40.5 Å². The molecule has 166 valence electrons. The van der Waals surface area contributed by atoms with Crippen LogP contribution in [0.1, 0.15) is 30.4 Å². The number of nitrogens with one attached hydrogen (secondary N) is 1. The second-order valence-electron chi connectivity index (χ2n) is 8.23. The number of unbranched alkanes of at least 4 members (excludes halogenated alkanes) is 1. The third-order valence-electron chi connectivity index (χ3n) is 6.16. The van der Waals surface area contributed by atoms with Crippen LogP contribution in [0.2, 0.25) is 10.0 Å². The number of amides is 1. The summed E-state index contributed by atoms with van der Waals surface area (Å²) in [4.78, 5) is 16.5. The fraction of sp³-hybridized carbons (Fsp3) is 0.458. The van der Waals surface area contributed by atoms with E-state index in [4.69, 9.17) is 27.9 Å². The van der Waals surface area contributed by atoms with Gasteiger partial charge in [-0.25, -0.2) is 0 Å². The van der Waals surface area contributed by atoms with E-state index in [1.807, 2.05) is 31.2 Å². The molecule has 2 aromatic rings. The van der Waals surface area contributed by atoms with Gasteiger partial charge in [0.05, 0.1) is 28.0 Å². The van der Waals surface area contributed by atoms with E-state index in [0.717, 1.165) is 74.7 Å². The fourth-order valence-corrected chi connectivity index (χ4v) is 4.72. The van der Waals surface area contributed by atoms with Crippen molar-refractivity contribution in [1.29, 1.82) is 0 Å². The highest BCUT2D eigenvalue weighted by Crippen LogP contribution is 2.34.